The Labute approximate surface area is 195 Å². The number of rotatable bonds is 6. The molecule has 0 saturated carbocycles. The number of aromatic nitrogens is 4. The van der Waals surface area contributed by atoms with Crippen molar-refractivity contribution in [2.45, 2.75) is 23.9 Å². The van der Waals surface area contributed by atoms with Crippen molar-refractivity contribution in [2.75, 3.05) is 31.9 Å². The lowest BCUT2D eigenvalue weighted by molar-refractivity contribution is -0.129. The van der Waals surface area contributed by atoms with Gasteiger partial charge in [0, 0.05) is 26.2 Å². The van der Waals surface area contributed by atoms with E-state index in [1.54, 1.807) is 9.58 Å². The molecule has 174 valence electrons. The van der Waals surface area contributed by atoms with E-state index in [1.807, 2.05) is 32.0 Å². The highest BCUT2D eigenvalue weighted by atomic mass is 32.2. The minimum atomic E-state index is -3.72. The van der Waals surface area contributed by atoms with E-state index in [0.29, 0.717) is 5.16 Å². The number of carbonyl (C=O) groups excluding carboxylic acids is 1. The number of thioether (sulfide) groups is 1. The molecule has 0 aliphatic carbocycles. The molecule has 3 aromatic rings. The van der Waals surface area contributed by atoms with E-state index < -0.39 is 15.8 Å². The van der Waals surface area contributed by atoms with Gasteiger partial charge in [0.1, 0.15) is 5.82 Å². The lowest BCUT2D eigenvalue weighted by Gasteiger charge is -2.34. The monoisotopic (exact) mass is 490 g/mol. The van der Waals surface area contributed by atoms with Gasteiger partial charge in [-0.25, -0.2) is 12.8 Å². The SMILES string of the molecule is Cc1ccc(-n2nnnc2SCC(=O)N2CCN(S(=O)(=O)c3ccc(F)cc3)CC2)cc1C. The Balaban J connectivity index is 1.35. The minimum absolute atomic E-state index is 0.0393. The second-order valence-corrected chi connectivity index (χ2v) is 10.5. The van der Waals surface area contributed by atoms with Crippen LogP contribution >= 0.6 is 11.8 Å². The molecule has 0 N–H and O–H groups in total. The summed E-state index contributed by atoms with van der Waals surface area (Å²) in [5.74, 6) is -0.477. The van der Waals surface area contributed by atoms with Crippen molar-refractivity contribution in [3.05, 3.63) is 59.4 Å². The summed E-state index contributed by atoms with van der Waals surface area (Å²) in [6.07, 6.45) is 0. The number of hydrogen-bond acceptors (Lipinski definition) is 7. The molecule has 1 amide bonds. The van der Waals surface area contributed by atoms with E-state index in [0.717, 1.165) is 28.9 Å². The third-order valence-electron chi connectivity index (χ3n) is 5.54. The van der Waals surface area contributed by atoms with Crippen LogP contribution in [0.1, 0.15) is 11.1 Å². The number of tetrazole rings is 1. The van der Waals surface area contributed by atoms with Gasteiger partial charge in [0.05, 0.1) is 16.3 Å². The van der Waals surface area contributed by atoms with Gasteiger partial charge < -0.3 is 4.90 Å². The molecule has 0 atom stereocenters. The summed E-state index contributed by atoms with van der Waals surface area (Å²) < 4.78 is 41.5. The predicted molar refractivity (Wildman–Crippen MR) is 121 cm³/mol. The van der Waals surface area contributed by atoms with E-state index >= 15 is 0 Å². The number of sulfonamides is 1. The molecule has 12 heteroatoms. The zero-order valence-electron chi connectivity index (χ0n) is 18.2. The van der Waals surface area contributed by atoms with Crippen LogP contribution in [-0.4, -0.2) is 75.7 Å². The van der Waals surface area contributed by atoms with Crippen LogP contribution in [0.25, 0.3) is 5.69 Å². The fourth-order valence-corrected chi connectivity index (χ4v) is 5.66. The van der Waals surface area contributed by atoms with Gasteiger partial charge >= 0.3 is 0 Å². The minimum Gasteiger partial charge on any atom is -0.339 e. The molecule has 0 radical (unpaired) electrons. The summed E-state index contributed by atoms with van der Waals surface area (Å²) in [5.41, 5.74) is 3.10. The average molecular weight is 491 g/mol. The number of aryl methyl sites for hydroxylation is 2. The summed E-state index contributed by atoms with van der Waals surface area (Å²) in [4.78, 5) is 14.4. The number of amides is 1. The van der Waals surface area contributed by atoms with Crippen molar-refractivity contribution in [3.8, 4) is 5.69 Å². The predicted octanol–water partition coefficient (Wildman–Crippen LogP) is 2.04. The molecule has 1 saturated heterocycles. The van der Waals surface area contributed by atoms with E-state index in [-0.39, 0.29) is 42.7 Å². The molecule has 1 fully saturated rings. The smallest absolute Gasteiger partial charge is 0.243 e. The third-order valence-corrected chi connectivity index (χ3v) is 8.36. The molecule has 2 heterocycles. The van der Waals surface area contributed by atoms with Crippen LogP contribution in [0.4, 0.5) is 4.39 Å². The van der Waals surface area contributed by atoms with Crippen molar-refractivity contribution in [1.29, 1.82) is 0 Å². The summed E-state index contributed by atoms with van der Waals surface area (Å²) in [6, 6.07) is 10.6. The highest BCUT2D eigenvalue weighted by molar-refractivity contribution is 7.99. The maximum absolute atomic E-state index is 13.1. The van der Waals surface area contributed by atoms with Crippen molar-refractivity contribution >= 4 is 27.7 Å². The van der Waals surface area contributed by atoms with Crippen molar-refractivity contribution in [3.63, 3.8) is 0 Å². The zero-order chi connectivity index (χ0) is 23.6. The fourth-order valence-electron chi connectivity index (χ4n) is 3.44. The van der Waals surface area contributed by atoms with E-state index in [4.69, 9.17) is 0 Å². The fraction of sp³-hybridized carbons (Fsp3) is 0.333. The standard InChI is InChI=1S/C21H23FN6O3S2/c1-15-3-6-18(13-16(15)2)28-21(23-24-25-28)32-14-20(29)26-9-11-27(12-10-26)33(30,31)19-7-4-17(22)5-8-19/h3-8,13H,9-12,14H2,1-2H3. The Hall–Kier alpha value is -2.83. The van der Waals surface area contributed by atoms with Crippen LogP contribution < -0.4 is 0 Å². The first-order valence-corrected chi connectivity index (χ1v) is 12.7. The molecule has 4 rings (SSSR count). The number of piperazine rings is 1. The van der Waals surface area contributed by atoms with Crippen molar-refractivity contribution in [1.82, 2.24) is 29.4 Å². The second kappa shape index (κ2) is 9.57. The van der Waals surface area contributed by atoms with Crippen LogP contribution in [0.3, 0.4) is 0 Å². The number of hydrogen-bond donors (Lipinski definition) is 0. The largest absolute Gasteiger partial charge is 0.339 e. The molecule has 2 aromatic carbocycles. The number of halogens is 1. The second-order valence-electron chi connectivity index (χ2n) is 7.67. The molecular weight excluding hydrogens is 467 g/mol. The summed E-state index contributed by atoms with van der Waals surface area (Å²) in [7, 11) is -3.72. The zero-order valence-corrected chi connectivity index (χ0v) is 19.8. The quantitative estimate of drug-likeness (QED) is 0.488. The Bertz CT molecular complexity index is 1260. The lowest BCUT2D eigenvalue weighted by atomic mass is 10.1. The molecular formula is C21H23FN6O3S2. The first-order chi connectivity index (χ1) is 15.8. The van der Waals surface area contributed by atoms with Crippen molar-refractivity contribution < 1.29 is 17.6 Å². The maximum Gasteiger partial charge on any atom is 0.243 e. The summed E-state index contributed by atoms with van der Waals surface area (Å²) >= 11 is 1.23. The first-order valence-electron chi connectivity index (χ1n) is 10.3. The Morgan fingerprint density at radius 3 is 2.39 bits per heavy atom. The number of carbonyl (C=O) groups is 1. The molecule has 0 spiro atoms. The van der Waals surface area contributed by atoms with Gasteiger partial charge in [-0.2, -0.15) is 8.99 Å². The Morgan fingerprint density at radius 1 is 1.03 bits per heavy atom. The van der Waals surface area contributed by atoms with Crippen molar-refractivity contribution in [2.24, 2.45) is 0 Å². The first kappa shape index (κ1) is 23.3. The average Bonchev–Trinajstić information content (AvgIpc) is 3.28. The maximum atomic E-state index is 13.1. The van der Waals surface area contributed by atoms with E-state index in [9.17, 15) is 17.6 Å². The van der Waals surface area contributed by atoms with Crippen LogP contribution in [0, 0.1) is 19.7 Å². The van der Waals surface area contributed by atoms with Gasteiger partial charge in [0.25, 0.3) is 0 Å². The van der Waals surface area contributed by atoms with Gasteiger partial charge in [0.2, 0.25) is 21.1 Å². The molecule has 1 aliphatic heterocycles. The number of nitrogens with zero attached hydrogens (tertiary/aromatic N) is 6. The van der Waals surface area contributed by atoms with Crippen LogP contribution in [0.2, 0.25) is 0 Å². The third kappa shape index (κ3) is 5.07. The van der Waals surface area contributed by atoms with Gasteiger partial charge in [-0.15, -0.1) is 5.10 Å². The Kier molecular flexibility index (Phi) is 6.77. The lowest BCUT2D eigenvalue weighted by Crippen LogP contribution is -2.50. The molecule has 0 bridgehead atoms. The van der Waals surface area contributed by atoms with E-state index in [2.05, 4.69) is 15.5 Å². The summed E-state index contributed by atoms with van der Waals surface area (Å²) in [6.45, 7) is 4.95. The highest BCUT2D eigenvalue weighted by Crippen LogP contribution is 2.22. The van der Waals surface area contributed by atoms with E-state index in [1.165, 1.54) is 28.2 Å². The molecule has 9 nitrogen and oxygen atoms in total. The topological polar surface area (TPSA) is 101 Å². The molecule has 0 unspecified atom stereocenters. The van der Waals surface area contributed by atoms with Gasteiger partial charge in [-0.05, 0) is 71.8 Å². The van der Waals surface area contributed by atoms with Gasteiger partial charge in [0.15, 0.2) is 0 Å². The molecule has 1 aliphatic rings. The molecule has 1 aromatic heterocycles. The van der Waals surface area contributed by atoms with Crippen LogP contribution in [-0.2, 0) is 14.8 Å². The van der Waals surface area contributed by atoms with Crippen LogP contribution in [0.15, 0.2) is 52.5 Å². The van der Waals surface area contributed by atoms with Gasteiger partial charge in [-0.3, -0.25) is 4.79 Å². The number of benzene rings is 2. The highest BCUT2D eigenvalue weighted by Gasteiger charge is 2.30. The normalized spacial score (nSPS) is 15.1. The van der Waals surface area contributed by atoms with Crippen LogP contribution in [0.5, 0.6) is 0 Å². The molecule has 33 heavy (non-hydrogen) atoms. The Morgan fingerprint density at radius 2 is 1.73 bits per heavy atom. The van der Waals surface area contributed by atoms with Gasteiger partial charge in [-0.1, -0.05) is 17.8 Å². The summed E-state index contributed by atoms with van der Waals surface area (Å²) in [5, 5.41) is 12.3.